The Morgan fingerprint density at radius 3 is 2.00 bits per heavy atom. The molecule has 5 aliphatic rings. The van der Waals surface area contributed by atoms with Gasteiger partial charge in [0.1, 0.15) is 48.3 Å². The molecule has 0 saturated carbocycles. The van der Waals surface area contributed by atoms with E-state index in [0.717, 1.165) is 16.5 Å². The van der Waals surface area contributed by atoms with Crippen LogP contribution < -0.4 is 32.3 Å². The molecule has 10 amide bonds. The fraction of sp³-hybridized carbons (Fsp3) is 0.612. The number of carboxylic acid groups (broad SMARTS) is 1. The largest absolute Gasteiger partial charge is 0.480 e. The van der Waals surface area contributed by atoms with Crippen molar-refractivity contribution in [1.29, 1.82) is 0 Å². The molecule has 72 heavy (non-hydrogen) atoms. The number of likely N-dealkylation sites (tertiary alicyclic amines) is 4. The van der Waals surface area contributed by atoms with E-state index >= 15 is 0 Å². The summed E-state index contributed by atoms with van der Waals surface area (Å²) in [5, 5.41) is 24.1. The number of nitrogens with one attached hydrogen (secondary N) is 6. The molecule has 0 aliphatic carbocycles. The van der Waals surface area contributed by atoms with Gasteiger partial charge in [0.2, 0.25) is 59.1 Å². The summed E-state index contributed by atoms with van der Waals surface area (Å²) in [6.45, 7) is 3.88. The smallest absolute Gasteiger partial charge is 0.326 e. The number of nitrogens with zero attached hydrogens (tertiary/aromatic N) is 4. The highest BCUT2D eigenvalue weighted by Crippen LogP contribution is 2.28. The zero-order valence-corrected chi connectivity index (χ0v) is 40.8. The lowest BCUT2D eigenvalue weighted by atomic mass is 9.96. The molecule has 7 rings (SSSR count). The fourth-order valence-electron chi connectivity index (χ4n) is 10.7. The maximum absolute atomic E-state index is 14.3. The quantitative estimate of drug-likeness (QED) is 0.0786. The van der Waals surface area contributed by atoms with Crippen molar-refractivity contribution in [3.63, 3.8) is 0 Å². The molecule has 2 aromatic rings. The molecule has 0 radical (unpaired) electrons. The molecule has 6 heterocycles. The number of benzene rings is 1. The third kappa shape index (κ3) is 12.0. The molecule has 9 atom stereocenters. The summed E-state index contributed by atoms with van der Waals surface area (Å²) in [4.78, 5) is 156. The number of para-hydroxylation sites is 1. The number of aliphatic carboxylic acids is 1. The Balaban J connectivity index is 0.978. The number of nitrogens with two attached hydrogens (primary N) is 1. The monoisotopic (exact) mass is 1000 g/mol. The van der Waals surface area contributed by atoms with Gasteiger partial charge in [0.15, 0.2) is 0 Å². The van der Waals surface area contributed by atoms with E-state index in [9.17, 15) is 57.8 Å². The molecule has 23 nitrogen and oxygen atoms in total. The maximum Gasteiger partial charge on any atom is 0.326 e. The van der Waals surface area contributed by atoms with Gasteiger partial charge < -0.3 is 62.0 Å². The highest BCUT2D eigenvalue weighted by atomic mass is 16.4. The molecular weight excluding hydrogens is 935 g/mol. The van der Waals surface area contributed by atoms with Crippen LogP contribution in [0.25, 0.3) is 10.9 Å². The number of H-pyrrole nitrogens is 1. The van der Waals surface area contributed by atoms with Crippen LogP contribution in [0.1, 0.15) is 103 Å². The molecular formula is C49H67N11O12. The van der Waals surface area contributed by atoms with E-state index in [1.54, 1.807) is 13.1 Å². The van der Waals surface area contributed by atoms with E-state index in [4.69, 9.17) is 5.73 Å². The number of hydrogen-bond donors (Lipinski definition) is 8. The van der Waals surface area contributed by atoms with Crippen LogP contribution in [0, 0.1) is 5.92 Å². The summed E-state index contributed by atoms with van der Waals surface area (Å²) >= 11 is 0. The number of fused-ring (bicyclic) bond motifs is 1. The molecule has 0 spiro atoms. The van der Waals surface area contributed by atoms with E-state index in [1.165, 1.54) is 19.6 Å². The van der Waals surface area contributed by atoms with Crippen molar-refractivity contribution in [2.45, 2.75) is 152 Å². The van der Waals surface area contributed by atoms with Crippen molar-refractivity contribution in [1.82, 2.24) is 51.2 Å². The number of hydrogen-bond acceptors (Lipinski definition) is 11. The third-order valence-corrected chi connectivity index (χ3v) is 14.9. The number of carbonyl (C=O) groups excluding carboxylic acids is 10. The van der Waals surface area contributed by atoms with Crippen molar-refractivity contribution in [2.75, 3.05) is 32.7 Å². The average Bonchev–Trinajstić information content (AvgIpc) is 4.23. The van der Waals surface area contributed by atoms with Gasteiger partial charge in [0.05, 0.1) is 6.54 Å². The average molecular weight is 1000 g/mol. The zero-order chi connectivity index (χ0) is 51.8. The van der Waals surface area contributed by atoms with E-state index in [0.29, 0.717) is 44.9 Å². The minimum absolute atomic E-state index is 0.0939. The van der Waals surface area contributed by atoms with E-state index in [-0.39, 0.29) is 77.0 Å². The van der Waals surface area contributed by atoms with Crippen molar-refractivity contribution in [3.05, 3.63) is 36.0 Å². The minimum Gasteiger partial charge on any atom is -0.480 e. The molecule has 5 fully saturated rings. The van der Waals surface area contributed by atoms with E-state index in [2.05, 4.69) is 31.6 Å². The van der Waals surface area contributed by atoms with Crippen molar-refractivity contribution in [2.24, 2.45) is 11.7 Å². The lowest BCUT2D eigenvalue weighted by molar-refractivity contribution is -0.152. The molecule has 0 bridgehead atoms. The Morgan fingerprint density at radius 1 is 0.736 bits per heavy atom. The second kappa shape index (κ2) is 23.4. The Kier molecular flexibility index (Phi) is 17.2. The lowest BCUT2D eigenvalue weighted by Crippen LogP contribution is -2.60. The first-order chi connectivity index (χ1) is 34.5. The second-order valence-electron chi connectivity index (χ2n) is 19.6. The molecule has 0 unspecified atom stereocenters. The molecule has 5 aliphatic heterocycles. The van der Waals surface area contributed by atoms with Crippen molar-refractivity contribution >= 4 is 75.9 Å². The molecule has 9 N–H and O–H groups in total. The van der Waals surface area contributed by atoms with E-state index < -0.39 is 120 Å². The van der Waals surface area contributed by atoms with Crippen LogP contribution in [-0.4, -0.2) is 176 Å². The summed E-state index contributed by atoms with van der Waals surface area (Å²) in [6.07, 6.45) is 5.23. The Morgan fingerprint density at radius 2 is 1.35 bits per heavy atom. The van der Waals surface area contributed by atoms with Crippen LogP contribution in [0.3, 0.4) is 0 Å². The van der Waals surface area contributed by atoms with Gasteiger partial charge in [-0.3, -0.25) is 47.9 Å². The summed E-state index contributed by atoms with van der Waals surface area (Å²) in [5.74, 6) is -7.29. The number of rotatable bonds is 20. The maximum atomic E-state index is 14.3. The van der Waals surface area contributed by atoms with Gasteiger partial charge in [-0.05, 0) is 81.8 Å². The standard InChI is InChI=1S/C49H67N11O12/c1-3-27(2)41(48(70)59-22-8-14-36(59)47(69)60-23-9-15-37(60)49(71)72)56-43(65)32(16-18-38(50)61)54-45(67)35-13-6-20-57(35)40(63)26-52-44(66)34-12-7-21-58(34)46(68)33(55-42(64)31-17-19-39(62)53-31)24-28-25-51-30-11-5-4-10-29(28)30/h4-5,10-11,25,27,31-37,41,51H,3,6-9,12-24,26H2,1-2H3,(H2,50,61)(H,52,66)(H,53,62)(H,54,67)(H,55,64)(H,56,65)(H,71,72)/t27-,31+,32-,33-,34+,35+,36-,37+,41-/m0/s1. The van der Waals surface area contributed by atoms with Crippen LogP contribution in [0.15, 0.2) is 30.5 Å². The van der Waals surface area contributed by atoms with Gasteiger partial charge in [-0.15, -0.1) is 0 Å². The lowest BCUT2D eigenvalue weighted by Gasteiger charge is -2.34. The minimum atomic E-state index is -1.37. The summed E-state index contributed by atoms with van der Waals surface area (Å²) in [5.41, 5.74) is 7.06. The number of carboxylic acids is 1. The first kappa shape index (κ1) is 52.7. The Hall–Kier alpha value is -7.07. The predicted molar refractivity (Wildman–Crippen MR) is 256 cm³/mol. The summed E-state index contributed by atoms with van der Waals surface area (Å²) < 4.78 is 0. The molecule has 1 aromatic carbocycles. The zero-order valence-electron chi connectivity index (χ0n) is 40.8. The number of amides is 10. The molecule has 23 heteroatoms. The van der Waals surface area contributed by atoms with Crippen LogP contribution in [0.5, 0.6) is 0 Å². The number of primary amides is 1. The van der Waals surface area contributed by atoms with E-state index in [1.807, 2.05) is 31.2 Å². The highest BCUT2D eigenvalue weighted by Gasteiger charge is 2.46. The second-order valence-corrected chi connectivity index (χ2v) is 19.6. The highest BCUT2D eigenvalue weighted by molar-refractivity contribution is 5.99. The van der Waals surface area contributed by atoms with Crippen LogP contribution in [-0.2, 0) is 59.2 Å². The van der Waals surface area contributed by atoms with Crippen LogP contribution >= 0.6 is 0 Å². The van der Waals surface area contributed by atoms with Crippen LogP contribution in [0.2, 0.25) is 0 Å². The fourth-order valence-corrected chi connectivity index (χ4v) is 10.7. The predicted octanol–water partition coefficient (Wildman–Crippen LogP) is -1.08. The summed E-state index contributed by atoms with van der Waals surface area (Å²) in [6, 6.07) is -0.865. The SMILES string of the molecule is CC[C@H](C)[C@H](NC(=O)[C@H](CCC(N)=O)NC(=O)[C@H]1CCCN1C(=O)CNC(=O)[C@H]1CCCN1C(=O)[C@H](Cc1c[nH]c2ccccc12)NC(=O)[C@H]1CCC(=O)N1)C(=O)N1CCC[C@H]1C(=O)N1CCC[C@@H]1C(=O)O. The Labute approximate surface area is 416 Å². The first-order valence-corrected chi connectivity index (χ1v) is 25.2. The van der Waals surface area contributed by atoms with Gasteiger partial charge in [0, 0.05) is 62.5 Å². The topological polar surface area (TPSA) is 323 Å². The summed E-state index contributed by atoms with van der Waals surface area (Å²) in [7, 11) is 0. The van der Waals surface area contributed by atoms with Gasteiger partial charge in [-0.25, -0.2) is 4.79 Å². The molecule has 390 valence electrons. The Bertz CT molecular complexity index is 2440. The van der Waals surface area contributed by atoms with Gasteiger partial charge in [-0.2, -0.15) is 0 Å². The molecule has 1 aromatic heterocycles. The van der Waals surface area contributed by atoms with Gasteiger partial charge in [-0.1, -0.05) is 38.5 Å². The van der Waals surface area contributed by atoms with Gasteiger partial charge >= 0.3 is 5.97 Å². The number of aromatic amines is 1. The number of aromatic nitrogens is 1. The normalized spacial score (nSPS) is 23.5. The van der Waals surface area contributed by atoms with Crippen molar-refractivity contribution < 1.29 is 57.8 Å². The number of carbonyl (C=O) groups is 11. The first-order valence-electron chi connectivity index (χ1n) is 25.2. The van der Waals surface area contributed by atoms with Crippen molar-refractivity contribution in [3.8, 4) is 0 Å². The van der Waals surface area contributed by atoms with Crippen LogP contribution in [0.4, 0.5) is 0 Å². The van der Waals surface area contributed by atoms with Gasteiger partial charge in [0.25, 0.3) is 0 Å². The third-order valence-electron chi connectivity index (χ3n) is 14.9. The molecule has 5 saturated heterocycles.